The van der Waals surface area contributed by atoms with Gasteiger partial charge in [-0.3, -0.25) is 4.79 Å². The lowest BCUT2D eigenvalue weighted by Crippen LogP contribution is -2.44. The number of halogens is 1. The van der Waals surface area contributed by atoms with Gasteiger partial charge in [0.15, 0.2) is 11.6 Å². The number of para-hydroxylation sites is 1. The Bertz CT molecular complexity index is 748. The number of aliphatic hydroxyl groups excluding tert-OH is 1. The van der Waals surface area contributed by atoms with Crippen LogP contribution in [0.4, 0.5) is 4.39 Å². The summed E-state index contributed by atoms with van der Waals surface area (Å²) < 4.78 is 18.9. The molecule has 1 atom stereocenters. The molecule has 1 aliphatic rings. The zero-order chi connectivity index (χ0) is 19.8. The van der Waals surface area contributed by atoms with Crippen molar-refractivity contribution in [3.63, 3.8) is 0 Å². The Hall–Kier alpha value is -2.44. The van der Waals surface area contributed by atoms with E-state index in [1.807, 2.05) is 30.3 Å². The van der Waals surface area contributed by atoms with E-state index in [1.54, 1.807) is 18.2 Å². The van der Waals surface area contributed by atoms with Gasteiger partial charge >= 0.3 is 0 Å². The molecule has 1 amide bonds. The van der Waals surface area contributed by atoms with Crippen LogP contribution >= 0.6 is 0 Å². The van der Waals surface area contributed by atoms with Crippen molar-refractivity contribution in [2.45, 2.75) is 25.5 Å². The quantitative estimate of drug-likeness (QED) is 0.732. The number of hydrogen-bond donors (Lipinski definition) is 2. The molecule has 2 N–H and O–H groups in total. The van der Waals surface area contributed by atoms with Crippen molar-refractivity contribution < 1.29 is 19.0 Å². The number of likely N-dealkylation sites (tertiary alicyclic amines) is 1. The standard InChI is InChI=1S/C22H27FN2O3/c23-20-8-4-5-9-21(20)28-16-19(26)15-25-12-10-18(11-13-25)22(27)24-14-17-6-2-1-3-7-17/h1-9,18-19,26H,10-16H2,(H,24,27)/t19-/m0/s1. The fourth-order valence-corrected chi connectivity index (χ4v) is 3.41. The molecular weight excluding hydrogens is 359 g/mol. The summed E-state index contributed by atoms with van der Waals surface area (Å²) in [5, 5.41) is 13.2. The second-order valence-corrected chi connectivity index (χ2v) is 7.17. The van der Waals surface area contributed by atoms with Crippen LogP contribution in [0.1, 0.15) is 18.4 Å². The molecule has 2 aromatic rings. The number of nitrogens with one attached hydrogen (secondary N) is 1. The number of rotatable bonds is 8. The maximum Gasteiger partial charge on any atom is 0.223 e. The number of benzene rings is 2. The maximum atomic E-state index is 13.5. The number of hydrogen-bond acceptors (Lipinski definition) is 4. The van der Waals surface area contributed by atoms with Crippen LogP contribution in [-0.2, 0) is 11.3 Å². The Kier molecular flexibility index (Phi) is 7.39. The smallest absolute Gasteiger partial charge is 0.223 e. The molecule has 0 unspecified atom stereocenters. The molecule has 0 bridgehead atoms. The number of aliphatic hydroxyl groups is 1. The van der Waals surface area contributed by atoms with E-state index in [-0.39, 0.29) is 24.2 Å². The van der Waals surface area contributed by atoms with Crippen molar-refractivity contribution in [3.05, 3.63) is 66.0 Å². The van der Waals surface area contributed by atoms with Gasteiger partial charge in [0.05, 0.1) is 0 Å². The molecule has 0 saturated carbocycles. The molecule has 1 aliphatic heterocycles. The molecule has 6 heteroatoms. The van der Waals surface area contributed by atoms with Crippen molar-refractivity contribution >= 4 is 5.91 Å². The molecular formula is C22H27FN2O3. The van der Waals surface area contributed by atoms with Gasteiger partial charge in [-0.05, 0) is 43.6 Å². The van der Waals surface area contributed by atoms with E-state index >= 15 is 0 Å². The third kappa shape index (κ3) is 6.04. The van der Waals surface area contributed by atoms with E-state index in [9.17, 15) is 14.3 Å². The highest BCUT2D eigenvalue weighted by Gasteiger charge is 2.26. The number of ether oxygens (including phenoxy) is 1. The van der Waals surface area contributed by atoms with Gasteiger partial charge in [-0.25, -0.2) is 4.39 Å². The largest absolute Gasteiger partial charge is 0.488 e. The first-order chi connectivity index (χ1) is 13.6. The van der Waals surface area contributed by atoms with E-state index in [0.717, 1.165) is 31.5 Å². The van der Waals surface area contributed by atoms with Crippen LogP contribution in [-0.4, -0.2) is 48.3 Å². The van der Waals surface area contributed by atoms with Gasteiger partial charge in [-0.15, -0.1) is 0 Å². The first-order valence-electron chi connectivity index (χ1n) is 9.71. The van der Waals surface area contributed by atoms with E-state index in [4.69, 9.17) is 4.74 Å². The average Bonchev–Trinajstić information content (AvgIpc) is 2.73. The fourth-order valence-electron chi connectivity index (χ4n) is 3.41. The fraction of sp³-hybridized carbons (Fsp3) is 0.409. The summed E-state index contributed by atoms with van der Waals surface area (Å²) in [5.74, 6) is -0.189. The summed E-state index contributed by atoms with van der Waals surface area (Å²) in [6, 6.07) is 16.0. The second kappa shape index (κ2) is 10.2. The van der Waals surface area contributed by atoms with E-state index < -0.39 is 11.9 Å². The summed E-state index contributed by atoms with van der Waals surface area (Å²) >= 11 is 0. The van der Waals surface area contributed by atoms with E-state index in [2.05, 4.69) is 10.2 Å². The molecule has 1 heterocycles. The number of amides is 1. The van der Waals surface area contributed by atoms with Crippen LogP contribution in [0, 0.1) is 11.7 Å². The minimum atomic E-state index is -0.705. The highest BCUT2D eigenvalue weighted by molar-refractivity contribution is 5.78. The summed E-state index contributed by atoms with van der Waals surface area (Å²) in [7, 11) is 0. The van der Waals surface area contributed by atoms with Gasteiger partial charge in [0.25, 0.3) is 0 Å². The first-order valence-corrected chi connectivity index (χ1v) is 9.71. The third-order valence-corrected chi connectivity index (χ3v) is 5.00. The van der Waals surface area contributed by atoms with Gasteiger partial charge in [0, 0.05) is 19.0 Å². The zero-order valence-corrected chi connectivity index (χ0v) is 15.9. The van der Waals surface area contributed by atoms with Crippen molar-refractivity contribution in [3.8, 4) is 5.75 Å². The SMILES string of the molecule is O=C(NCc1ccccc1)C1CCN(C[C@H](O)COc2ccccc2F)CC1. The summed E-state index contributed by atoms with van der Waals surface area (Å²) in [6.45, 7) is 2.54. The molecule has 0 aromatic heterocycles. The average molecular weight is 386 g/mol. The first kappa shape index (κ1) is 20.3. The topological polar surface area (TPSA) is 61.8 Å². The molecule has 5 nitrogen and oxygen atoms in total. The lowest BCUT2D eigenvalue weighted by Gasteiger charge is -2.32. The molecule has 1 saturated heterocycles. The number of carbonyl (C=O) groups excluding carboxylic acids is 1. The lowest BCUT2D eigenvalue weighted by atomic mass is 9.95. The highest BCUT2D eigenvalue weighted by atomic mass is 19.1. The van der Waals surface area contributed by atoms with Gasteiger partial charge in [-0.2, -0.15) is 0 Å². The third-order valence-electron chi connectivity index (χ3n) is 5.00. The Balaban J connectivity index is 1.35. The van der Waals surface area contributed by atoms with Crippen molar-refractivity contribution in [2.24, 2.45) is 5.92 Å². The van der Waals surface area contributed by atoms with Crippen LogP contribution in [0.15, 0.2) is 54.6 Å². The highest BCUT2D eigenvalue weighted by Crippen LogP contribution is 2.19. The minimum absolute atomic E-state index is 0.00627. The summed E-state index contributed by atoms with van der Waals surface area (Å²) in [5.41, 5.74) is 1.09. The molecule has 2 aromatic carbocycles. The van der Waals surface area contributed by atoms with Gasteiger partial charge in [-0.1, -0.05) is 42.5 Å². The van der Waals surface area contributed by atoms with Crippen LogP contribution in [0.5, 0.6) is 5.75 Å². The van der Waals surface area contributed by atoms with E-state index in [0.29, 0.717) is 13.1 Å². The van der Waals surface area contributed by atoms with Gasteiger partial charge < -0.3 is 20.1 Å². The summed E-state index contributed by atoms with van der Waals surface area (Å²) in [6.07, 6.45) is 0.825. The van der Waals surface area contributed by atoms with Crippen molar-refractivity contribution in [2.75, 3.05) is 26.2 Å². The Morgan fingerprint density at radius 1 is 1.14 bits per heavy atom. The Morgan fingerprint density at radius 2 is 1.82 bits per heavy atom. The predicted octanol–water partition coefficient (Wildman–Crippen LogP) is 2.59. The monoisotopic (exact) mass is 386 g/mol. The van der Waals surface area contributed by atoms with E-state index in [1.165, 1.54) is 6.07 Å². The maximum absolute atomic E-state index is 13.5. The van der Waals surface area contributed by atoms with Crippen LogP contribution in [0.3, 0.4) is 0 Å². The van der Waals surface area contributed by atoms with Gasteiger partial charge in [0.2, 0.25) is 5.91 Å². The molecule has 0 aliphatic carbocycles. The molecule has 3 rings (SSSR count). The van der Waals surface area contributed by atoms with Crippen molar-refractivity contribution in [1.82, 2.24) is 10.2 Å². The number of β-amino-alcohol motifs (C(OH)–C–C–N with tert-alkyl or cyclic N) is 1. The van der Waals surface area contributed by atoms with Crippen LogP contribution < -0.4 is 10.1 Å². The van der Waals surface area contributed by atoms with Crippen LogP contribution in [0.25, 0.3) is 0 Å². The molecule has 150 valence electrons. The zero-order valence-electron chi connectivity index (χ0n) is 15.9. The lowest BCUT2D eigenvalue weighted by molar-refractivity contribution is -0.126. The number of carbonyl (C=O) groups is 1. The number of piperidine rings is 1. The Labute approximate surface area is 165 Å². The predicted molar refractivity (Wildman–Crippen MR) is 105 cm³/mol. The van der Waals surface area contributed by atoms with Gasteiger partial charge in [0.1, 0.15) is 12.7 Å². The van der Waals surface area contributed by atoms with Crippen LogP contribution in [0.2, 0.25) is 0 Å². The molecule has 0 radical (unpaired) electrons. The summed E-state index contributed by atoms with van der Waals surface area (Å²) in [4.78, 5) is 14.5. The molecule has 0 spiro atoms. The number of nitrogens with zero attached hydrogens (tertiary/aromatic N) is 1. The second-order valence-electron chi connectivity index (χ2n) is 7.17. The minimum Gasteiger partial charge on any atom is -0.488 e. The molecule has 1 fully saturated rings. The Morgan fingerprint density at radius 3 is 2.54 bits per heavy atom. The van der Waals surface area contributed by atoms with Crippen molar-refractivity contribution in [1.29, 1.82) is 0 Å². The normalized spacial score (nSPS) is 16.5. The molecule has 28 heavy (non-hydrogen) atoms.